The minimum absolute atomic E-state index is 0.200. The summed E-state index contributed by atoms with van der Waals surface area (Å²) in [6.45, 7) is 3.82. The lowest BCUT2D eigenvalue weighted by atomic mass is 9.99. The average molecular weight is 306 g/mol. The Balaban J connectivity index is 2.73. The molecule has 1 heterocycles. The first-order chi connectivity index (χ1) is 8.49. The first-order valence-corrected chi connectivity index (χ1v) is 6.26. The van der Waals surface area contributed by atoms with Crippen molar-refractivity contribution in [2.75, 3.05) is 0 Å². The molecule has 0 unspecified atom stereocenters. The zero-order valence-electron chi connectivity index (χ0n) is 10.1. The van der Waals surface area contributed by atoms with Crippen molar-refractivity contribution in [1.29, 1.82) is 0 Å². The summed E-state index contributed by atoms with van der Waals surface area (Å²) in [5, 5.41) is 9.30. The maximum Gasteiger partial charge on any atom is 0.339 e. The average Bonchev–Trinajstić information content (AvgIpc) is 2.27. The number of rotatable bonds is 2. The molecule has 1 aromatic carbocycles. The fraction of sp³-hybridized carbons (Fsp3) is 0.143. The number of hydrogen-bond donors (Lipinski definition) is 1. The molecule has 0 aliphatic heterocycles. The fourth-order valence-electron chi connectivity index (χ4n) is 1.88. The molecule has 2 aromatic rings. The van der Waals surface area contributed by atoms with Gasteiger partial charge in [0.2, 0.25) is 0 Å². The van der Waals surface area contributed by atoms with E-state index in [0.29, 0.717) is 10.2 Å². The highest BCUT2D eigenvalue weighted by atomic mass is 79.9. The lowest BCUT2D eigenvalue weighted by molar-refractivity contribution is 0.0696. The van der Waals surface area contributed by atoms with E-state index in [1.165, 1.54) is 0 Å². The van der Waals surface area contributed by atoms with Crippen LogP contribution >= 0.6 is 15.9 Å². The SMILES string of the molecule is Cc1cccc(-c2cc(C)nc(Br)c2C(=O)O)c1. The van der Waals surface area contributed by atoms with E-state index in [1.807, 2.05) is 38.1 Å². The van der Waals surface area contributed by atoms with E-state index in [0.717, 1.165) is 16.8 Å². The molecule has 0 aliphatic carbocycles. The first kappa shape index (κ1) is 12.8. The summed E-state index contributed by atoms with van der Waals surface area (Å²) in [4.78, 5) is 15.5. The van der Waals surface area contributed by atoms with Gasteiger partial charge in [-0.05, 0) is 41.4 Å². The molecule has 1 N–H and O–H groups in total. The largest absolute Gasteiger partial charge is 0.478 e. The van der Waals surface area contributed by atoms with Crippen LogP contribution in [0.4, 0.5) is 0 Å². The van der Waals surface area contributed by atoms with Gasteiger partial charge in [0.05, 0.1) is 0 Å². The number of aryl methyl sites for hydroxylation is 2. The highest BCUT2D eigenvalue weighted by Crippen LogP contribution is 2.29. The van der Waals surface area contributed by atoms with E-state index < -0.39 is 5.97 Å². The van der Waals surface area contributed by atoms with Crippen LogP contribution in [0.15, 0.2) is 34.9 Å². The number of benzene rings is 1. The highest BCUT2D eigenvalue weighted by Gasteiger charge is 2.17. The second-order valence-corrected chi connectivity index (χ2v) is 4.90. The first-order valence-electron chi connectivity index (χ1n) is 5.46. The number of pyridine rings is 1. The van der Waals surface area contributed by atoms with Crippen molar-refractivity contribution >= 4 is 21.9 Å². The third-order valence-corrected chi connectivity index (χ3v) is 3.22. The lowest BCUT2D eigenvalue weighted by Gasteiger charge is -2.10. The summed E-state index contributed by atoms with van der Waals surface area (Å²) < 4.78 is 0.367. The maximum absolute atomic E-state index is 11.3. The van der Waals surface area contributed by atoms with E-state index in [1.54, 1.807) is 6.07 Å². The zero-order chi connectivity index (χ0) is 13.3. The number of aromatic nitrogens is 1. The van der Waals surface area contributed by atoms with Crippen LogP contribution in [0, 0.1) is 13.8 Å². The van der Waals surface area contributed by atoms with E-state index in [2.05, 4.69) is 20.9 Å². The number of carbonyl (C=O) groups is 1. The Kier molecular flexibility index (Phi) is 3.48. The van der Waals surface area contributed by atoms with Gasteiger partial charge in [0, 0.05) is 11.3 Å². The minimum Gasteiger partial charge on any atom is -0.478 e. The van der Waals surface area contributed by atoms with E-state index in [-0.39, 0.29) is 5.56 Å². The van der Waals surface area contributed by atoms with Gasteiger partial charge in [0.15, 0.2) is 0 Å². The van der Waals surface area contributed by atoms with Crippen molar-refractivity contribution in [2.45, 2.75) is 13.8 Å². The number of halogens is 1. The number of carboxylic acid groups (broad SMARTS) is 1. The second-order valence-electron chi connectivity index (χ2n) is 4.15. The Hall–Kier alpha value is -1.68. The molecular formula is C14H12BrNO2. The van der Waals surface area contributed by atoms with Gasteiger partial charge >= 0.3 is 5.97 Å². The topological polar surface area (TPSA) is 50.2 Å². The van der Waals surface area contributed by atoms with Crippen molar-refractivity contribution in [1.82, 2.24) is 4.98 Å². The smallest absolute Gasteiger partial charge is 0.339 e. The van der Waals surface area contributed by atoms with Gasteiger partial charge in [-0.25, -0.2) is 9.78 Å². The summed E-state index contributed by atoms with van der Waals surface area (Å²) in [6.07, 6.45) is 0. The molecule has 4 heteroatoms. The zero-order valence-corrected chi connectivity index (χ0v) is 11.7. The second kappa shape index (κ2) is 4.90. The van der Waals surface area contributed by atoms with Gasteiger partial charge in [-0.2, -0.15) is 0 Å². The van der Waals surface area contributed by atoms with Gasteiger partial charge in [0.1, 0.15) is 10.2 Å². The third kappa shape index (κ3) is 2.43. The summed E-state index contributed by atoms with van der Waals surface area (Å²) in [6, 6.07) is 9.56. The number of nitrogens with zero attached hydrogens (tertiary/aromatic N) is 1. The standard InChI is InChI=1S/C14H12BrNO2/c1-8-4-3-5-10(6-8)11-7-9(2)16-13(15)12(11)14(17)18/h3-7H,1-2H3,(H,17,18). The van der Waals surface area contributed by atoms with Crippen molar-refractivity contribution in [2.24, 2.45) is 0 Å². The summed E-state index contributed by atoms with van der Waals surface area (Å²) in [7, 11) is 0. The molecule has 0 spiro atoms. The van der Waals surface area contributed by atoms with Crippen LogP contribution in [-0.4, -0.2) is 16.1 Å². The van der Waals surface area contributed by atoms with E-state index in [4.69, 9.17) is 0 Å². The van der Waals surface area contributed by atoms with Crippen molar-refractivity contribution in [3.63, 3.8) is 0 Å². The molecule has 1 aromatic heterocycles. The van der Waals surface area contributed by atoms with E-state index in [9.17, 15) is 9.90 Å². The normalized spacial score (nSPS) is 10.4. The number of hydrogen-bond acceptors (Lipinski definition) is 2. The van der Waals surface area contributed by atoms with Crippen molar-refractivity contribution < 1.29 is 9.90 Å². The molecule has 92 valence electrons. The Morgan fingerprint density at radius 1 is 1.28 bits per heavy atom. The van der Waals surface area contributed by atoms with Crippen LogP contribution in [0.2, 0.25) is 0 Å². The molecule has 0 saturated heterocycles. The van der Waals surface area contributed by atoms with Crippen LogP contribution in [0.5, 0.6) is 0 Å². The van der Waals surface area contributed by atoms with Gasteiger partial charge < -0.3 is 5.11 Å². The summed E-state index contributed by atoms with van der Waals surface area (Å²) in [5.41, 5.74) is 3.65. The molecule has 0 bridgehead atoms. The molecule has 0 amide bonds. The monoisotopic (exact) mass is 305 g/mol. The molecule has 18 heavy (non-hydrogen) atoms. The molecule has 0 radical (unpaired) electrons. The van der Waals surface area contributed by atoms with Crippen LogP contribution < -0.4 is 0 Å². The number of aromatic carboxylic acids is 1. The molecule has 0 fully saturated rings. The molecular weight excluding hydrogens is 294 g/mol. The molecule has 3 nitrogen and oxygen atoms in total. The predicted octanol–water partition coefficient (Wildman–Crippen LogP) is 3.83. The van der Waals surface area contributed by atoms with Gasteiger partial charge in [-0.15, -0.1) is 0 Å². The highest BCUT2D eigenvalue weighted by molar-refractivity contribution is 9.10. The quantitative estimate of drug-likeness (QED) is 0.858. The Bertz CT molecular complexity index is 623. The summed E-state index contributed by atoms with van der Waals surface area (Å²) in [5.74, 6) is -0.981. The molecule has 0 aliphatic rings. The lowest BCUT2D eigenvalue weighted by Crippen LogP contribution is -2.04. The predicted molar refractivity (Wildman–Crippen MR) is 73.8 cm³/mol. The summed E-state index contributed by atoms with van der Waals surface area (Å²) >= 11 is 3.22. The van der Waals surface area contributed by atoms with Gasteiger partial charge in [-0.1, -0.05) is 29.8 Å². The van der Waals surface area contributed by atoms with Gasteiger partial charge in [0.25, 0.3) is 0 Å². The minimum atomic E-state index is -0.981. The van der Waals surface area contributed by atoms with Crippen molar-refractivity contribution in [3.05, 3.63) is 51.8 Å². The molecule has 2 rings (SSSR count). The van der Waals surface area contributed by atoms with E-state index >= 15 is 0 Å². The Morgan fingerprint density at radius 3 is 2.61 bits per heavy atom. The number of carboxylic acids is 1. The molecule has 0 atom stereocenters. The van der Waals surface area contributed by atoms with Crippen LogP contribution in [-0.2, 0) is 0 Å². The van der Waals surface area contributed by atoms with Gasteiger partial charge in [-0.3, -0.25) is 0 Å². The molecule has 0 saturated carbocycles. The Morgan fingerprint density at radius 2 is 2.00 bits per heavy atom. The van der Waals surface area contributed by atoms with Crippen LogP contribution in [0.1, 0.15) is 21.6 Å². The Labute approximate surface area is 114 Å². The van der Waals surface area contributed by atoms with Crippen LogP contribution in [0.25, 0.3) is 11.1 Å². The fourth-order valence-corrected chi connectivity index (χ4v) is 2.54. The maximum atomic E-state index is 11.3. The van der Waals surface area contributed by atoms with Crippen molar-refractivity contribution in [3.8, 4) is 11.1 Å². The van der Waals surface area contributed by atoms with Crippen LogP contribution in [0.3, 0.4) is 0 Å². The third-order valence-electron chi connectivity index (χ3n) is 2.65.